The molecule has 2 rings (SSSR count). The van der Waals surface area contributed by atoms with E-state index in [1.54, 1.807) is 0 Å². The molecule has 0 amide bonds. The van der Waals surface area contributed by atoms with Gasteiger partial charge in [0, 0.05) is 6.42 Å². The molecule has 1 aliphatic rings. The SMILES string of the molecule is OCc1ccc(CC2CCNCC2)o1. The Hall–Kier alpha value is -0.800. The summed E-state index contributed by atoms with van der Waals surface area (Å²) in [7, 11) is 0. The number of hydrogen-bond acceptors (Lipinski definition) is 3. The molecule has 0 atom stereocenters. The summed E-state index contributed by atoms with van der Waals surface area (Å²) in [6, 6.07) is 3.84. The summed E-state index contributed by atoms with van der Waals surface area (Å²) in [6.07, 6.45) is 3.48. The molecule has 14 heavy (non-hydrogen) atoms. The van der Waals surface area contributed by atoms with Crippen LogP contribution in [0.1, 0.15) is 24.4 Å². The van der Waals surface area contributed by atoms with Gasteiger partial charge in [-0.3, -0.25) is 0 Å². The molecule has 3 heteroatoms. The normalized spacial score (nSPS) is 18.6. The topological polar surface area (TPSA) is 45.4 Å². The highest BCUT2D eigenvalue weighted by Crippen LogP contribution is 2.19. The molecule has 0 aliphatic carbocycles. The van der Waals surface area contributed by atoms with Crippen molar-refractivity contribution in [3.8, 4) is 0 Å². The smallest absolute Gasteiger partial charge is 0.129 e. The molecule has 0 radical (unpaired) electrons. The Kier molecular flexibility index (Phi) is 3.22. The number of aliphatic hydroxyl groups excluding tert-OH is 1. The molecule has 2 N–H and O–H groups in total. The fourth-order valence-electron chi connectivity index (χ4n) is 1.99. The zero-order valence-electron chi connectivity index (χ0n) is 8.33. The average Bonchev–Trinajstić information content (AvgIpc) is 2.67. The predicted octanol–water partition coefficient (Wildman–Crippen LogP) is 1.31. The molecule has 1 aromatic rings. The van der Waals surface area contributed by atoms with Gasteiger partial charge >= 0.3 is 0 Å². The zero-order chi connectivity index (χ0) is 9.80. The second kappa shape index (κ2) is 4.62. The molecule has 0 aromatic carbocycles. The van der Waals surface area contributed by atoms with Crippen molar-refractivity contribution in [2.24, 2.45) is 5.92 Å². The standard InChI is InChI=1S/C11H17NO2/c13-8-11-2-1-10(14-11)7-9-3-5-12-6-4-9/h1-2,9,12-13H,3-8H2. The highest BCUT2D eigenvalue weighted by Gasteiger charge is 2.15. The van der Waals surface area contributed by atoms with E-state index in [4.69, 9.17) is 9.52 Å². The molecule has 0 bridgehead atoms. The minimum atomic E-state index is 0.00617. The minimum Gasteiger partial charge on any atom is -0.464 e. The summed E-state index contributed by atoms with van der Waals surface area (Å²) in [5, 5.41) is 12.2. The average molecular weight is 195 g/mol. The molecule has 2 heterocycles. The number of piperidine rings is 1. The molecule has 1 aliphatic heterocycles. The Balaban J connectivity index is 1.89. The lowest BCUT2D eigenvalue weighted by atomic mass is 9.94. The summed E-state index contributed by atoms with van der Waals surface area (Å²) in [6.45, 7) is 2.25. The zero-order valence-corrected chi connectivity index (χ0v) is 8.33. The summed E-state index contributed by atoms with van der Waals surface area (Å²) in [5.74, 6) is 2.43. The van der Waals surface area contributed by atoms with Crippen LogP contribution in [0.25, 0.3) is 0 Å². The molecular formula is C11H17NO2. The third-order valence-corrected chi connectivity index (χ3v) is 2.82. The molecule has 0 saturated carbocycles. The molecule has 1 aromatic heterocycles. The molecule has 3 nitrogen and oxygen atoms in total. The van der Waals surface area contributed by atoms with Crippen LogP contribution in [-0.4, -0.2) is 18.2 Å². The van der Waals surface area contributed by atoms with E-state index in [2.05, 4.69) is 5.32 Å². The number of nitrogens with one attached hydrogen (secondary N) is 1. The van der Waals surface area contributed by atoms with Crippen molar-refractivity contribution in [3.05, 3.63) is 23.7 Å². The first-order valence-electron chi connectivity index (χ1n) is 5.27. The fraction of sp³-hybridized carbons (Fsp3) is 0.636. The monoisotopic (exact) mass is 195 g/mol. The van der Waals surface area contributed by atoms with Crippen LogP contribution in [0.2, 0.25) is 0 Å². The largest absolute Gasteiger partial charge is 0.464 e. The van der Waals surface area contributed by atoms with E-state index in [9.17, 15) is 0 Å². The van der Waals surface area contributed by atoms with Gasteiger partial charge in [-0.15, -0.1) is 0 Å². The molecular weight excluding hydrogens is 178 g/mol. The van der Waals surface area contributed by atoms with Crippen LogP contribution in [-0.2, 0) is 13.0 Å². The fourth-order valence-corrected chi connectivity index (χ4v) is 1.99. The van der Waals surface area contributed by atoms with Gasteiger partial charge in [0.25, 0.3) is 0 Å². The maximum Gasteiger partial charge on any atom is 0.129 e. The Morgan fingerprint density at radius 3 is 2.64 bits per heavy atom. The second-order valence-corrected chi connectivity index (χ2v) is 3.92. The van der Waals surface area contributed by atoms with Gasteiger partial charge in [0.1, 0.15) is 18.1 Å². The minimum absolute atomic E-state index is 0.00617. The maximum atomic E-state index is 8.85. The highest BCUT2D eigenvalue weighted by atomic mass is 16.4. The van der Waals surface area contributed by atoms with Crippen LogP contribution in [0.5, 0.6) is 0 Å². The Labute approximate surface area is 84.1 Å². The summed E-state index contributed by atoms with van der Waals surface area (Å²) in [4.78, 5) is 0. The Bertz CT molecular complexity index is 277. The van der Waals surface area contributed by atoms with Crippen LogP contribution in [0.15, 0.2) is 16.5 Å². The van der Waals surface area contributed by atoms with E-state index < -0.39 is 0 Å². The van der Waals surface area contributed by atoms with Crippen molar-refractivity contribution in [1.29, 1.82) is 0 Å². The molecule has 1 fully saturated rings. The summed E-state index contributed by atoms with van der Waals surface area (Å²) >= 11 is 0. The first kappa shape index (κ1) is 9.74. The number of hydrogen-bond donors (Lipinski definition) is 2. The highest BCUT2D eigenvalue weighted by molar-refractivity contribution is 5.07. The van der Waals surface area contributed by atoms with Gasteiger partial charge in [-0.05, 0) is 44.0 Å². The third kappa shape index (κ3) is 2.36. The lowest BCUT2D eigenvalue weighted by Gasteiger charge is -2.21. The van der Waals surface area contributed by atoms with Crippen molar-refractivity contribution in [2.75, 3.05) is 13.1 Å². The lowest BCUT2D eigenvalue weighted by Crippen LogP contribution is -2.28. The van der Waals surface area contributed by atoms with Gasteiger partial charge in [0.15, 0.2) is 0 Å². The van der Waals surface area contributed by atoms with Crippen molar-refractivity contribution in [2.45, 2.75) is 25.9 Å². The van der Waals surface area contributed by atoms with Crippen LogP contribution < -0.4 is 5.32 Å². The van der Waals surface area contributed by atoms with Crippen molar-refractivity contribution >= 4 is 0 Å². The first-order chi connectivity index (χ1) is 6.88. The Morgan fingerprint density at radius 1 is 1.29 bits per heavy atom. The van der Waals surface area contributed by atoms with E-state index in [1.165, 1.54) is 12.8 Å². The third-order valence-electron chi connectivity index (χ3n) is 2.82. The maximum absolute atomic E-state index is 8.85. The van der Waals surface area contributed by atoms with Gasteiger partial charge in [-0.2, -0.15) is 0 Å². The van der Waals surface area contributed by atoms with Crippen LogP contribution in [0.4, 0.5) is 0 Å². The van der Waals surface area contributed by atoms with Crippen LogP contribution >= 0.6 is 0 Å². The van der Waals surface area contributed by atoms with E-state index in [0.29, 0.717) is 5.76 Å². The van der Waals surface area contributed by atoms with E-state index in [-0.39, 0.29) is 6.61 Å². The van der Waals surface area contributed by atoms with Gasteiger partial charge in [-0.1, -0.05) is 0 Å². The van der Waals surface area contributed by atoms with Crippen LogP contribution in [0, 0.1) is 5.92 Å². The van der Waals surface area contributed by atoms with Crippen molar-refractivity contribution < 1.29 is 9.52 Å². The van der Waals surface area contributed by atoms with Crippen molar-refractivity contribution in [3.63, 3.8) is 0 Å². The second-order valence-electron chi connectivity index (χ2n) is 3.92. The first-order valence-corrected chi connectivity index (χ1v) is 5.27. The van der Waals surface area contributed by atoms with Crippen molar-refractivity contribution in [1.82, 2.24) is 5.32 Å². The van der Waals surface area contributed by atoms with Crippen LogP contribution in [0.3, 0.4) is 0 Å². The molecule has 78 valence electrons. The lowest BCUT2D eigenvalue weighted by molar-refractivity contribution is 0.240. The van der Waals surface area contributed by atoms with E-state index >= 15 is 0 Å². The predicted molar refractivity (Wildman–Crippen MR) is 53.9 cm³/mol. The number of furan rings is 1. The molecule has 0 unspecified atom stereocenters. The number of aliphatic hydroxyl groups is 1. The molecule has 0 spiro atoms. The summed E-state index contributed by atoms with van der Waals surface area (Å²) in [5.41, 5.74) is 0. The number of rotatable bonds is 3. The van der Waals surface area contributed by atoms with Gasteiger partial charge in [0.05, 0.1) is 0 Å². The quantitative estimate of drug-likeness (QED) is 0.764. The Morgan fingerprint density at radius 2 is 2.00 bits per heavy atom. The van der Waals surface area contributed by atoms with Gasteiger partial charge in [-0.25, -0.2) is 0 Å². The van der Waals surface area contributed by atoms with Gasteiger partial charge < -0.3 is 14.8 Å². The summed E-state index contributed by atoms with van der Waals surface area (Å²) < 4.78 is 5.47. The van der Waals surface area contributed by atoms with Gasteiger partial charge in [0.2, 0.25) is 0 Å². The molecule has 1 saturated heterocycles. The van der Waals surface area contributed by atoms with E-state index in [0.717, 1.165) is 31.2 Å². The van der Waals surface area contributed by atoms with E-state index in [1.807, 2.05) is 12.1 Å².